The zero-order chi connectivity index (χ0) is 13.1. The number of hydrogen-bond acceptors (Lipinski definition) is 5. The van der Waals surface area contributed by atoms with E-state index in [1.165, 1.54) is 0 Å². The lowest BCUT2D eigenvalue weighted by atomic mass is 9.87. The third-order valence-corrected chi connectivity index (χ3v) is 1.86. The van der Waals surface area contributed by atoms with Crippen LogP contribution in [0.5, 0.6) is 0 Å². The van der Waals surface area contributed by atoms with E-state index in [1.54, 1.807) is 0 Å². The topological polar surface area (TPSA) is 158 Å². The fourth-order valence-corrected chi connectivity index (χ4v) is 1.08. The first-order valence-electron chi connectivity index (χ1n) is 3.69. The first-order chi connectivity index (χ1) is 7.21. The summed E-state index contributed by atoms with van der Waals surface area (Å²) in [5.41, 5.74) is -3.36. The smallest absolute Gasteiger partial charge is 0.349 e. The minimum absolute atomic E-state index is 0.598. The van der Waals surface area contributed by atoms with Gasteiger partial charge in [0.25, 0.3) is 5.60 Å². The minimum Gasteiger partial charge on any atom is -0.480 e. The van der Waals surface area contributed by atoms with Crippen molar-refractivity contribution in [3.63, 3.8) is 0 Å². The van der Waals surface area contributed by atoms with Gasteiger partial charge in [-0.2, -0.15) is 0 Å². The van der Waals surface area contributed by atoms with Crippen LogP contribution in [0.3, 0.4) is 0 Å². The third-order valence-electron chi connectivity index (χ3n) is 1.86. The van der Waals surface area contributed by atoms with E-state index in [1.807, 2.05) is 0 Å². The van der Waals surface area contributed by atoms with Crippen molar-refractivity contribution in [2.75, 3.05) is 7.11 Å². The fourth-order valence-electron chi connectivity index (χ4n) is 1.08. The predicted molar refractivity (Wildman–Crippen MR) is 43.8 cm³/mol. The quantitative estimate of drug-likeness (QED) is 0.395. The molecular weight excluding hydrogens is 228 g/mol. The van der Waals surface area contributed by atoms with Crippen LogP contribution < -0.4 is 0 Å². The summed E-state index contributed by atoms with van der Waals surface area (Å²) in [6, 6.07) is 0. The Balaban J connectivity index is 5.81. The van der Waals surface area contributed by atoms with E-state index in [2.05, 4.69) is 4.74 Å². The summed E-state index contributed by atoms with van der Waals surface area (Å²) >= 11 is 0. The van der Waals surface area contributed by atoms with Gasteiger partial charge in [0, 0.05) is 7.11 Å². The van der Waals surface area contributed by atoms with Crippen molar-refractivity contribution in [2.24, 2.45) is 5.92 Å². The lowest BCUT2D eigenvalue weighted by molar-refractivity contribution is -0.198. The van der Waals surface area contributed by atoms with Crippen molar-refractivity contribution in [2.45, 2.75) is 5.60 Å². The zero-order valence-corrected chi connectivity index (χ0v) is 7.91. The number of aliphatic carboxylic acids is 4. The molecule has 9 nitrogen and oxygen atoms in total. The van der Waals surface area contributed by atoms with Gasteiger partial charge in [-0.25, -0.2) is 9.59 Å². The maximum Gasteiger partial charge on any atom is 0.349 e. The molecule has 0 amide bonds. The third kappa shape index (κ3) is 1.93. The molecule has 0 saturated heterocycles. The Morgan fingerprint density at radius 2 is 1.25 bits per heavy atom. The molecular formula is C7H8O9. The molecule has 0 unspecified atom stereocenters. The van der Waals surface area contributed by atoms with Crippen molar-refractivity contribution in [3.05, 3.63) is 0 Å². The Morgan fingerprint density at radius 1 is 0.938 bits per heavy atom. The molecule has 90 valence electrons. The van der Waals surface area contributed by atoms with Crippen LogP contribution in [0, 0.1) is 5.92 Å². The van der Waals surface area contributed by atoms with Crippen LogP contribution in [0.1, 0.15) is 0 Å². The summed E-state index contributed by atoms with van der Waals surface area (Å²) in [6.45, 7) is 0. The second kappa shape index (κ2) is 4.57. The molecule has 0 aromatic rings. The number of methoxy groups -OCH3 is 1. The van der Waals surface area contributed by atoms with E-state index in [0.29, 0.717) is 7.11 Å². The summed E-state index contributed by atoms with van der Waals surface area (Å²) < 4.78 is 4.08. The molecule has 0 aliphatic rings. The number of hydrogen-bond donors (Lipinski definition) is 4. The van der Waals surface area contributed by atoms with E-state index in [-0.39, 0.29) is 0 Å². The zero-order valence-electron chi connectivity index (χ0n) is 7.91. The summed E-state index contributed by atoms with van der Waals surface area (Å²) in [6.07, 6.45) is 0. The van der Waals surface area contributed by atoms with Crippen molar-refractivity contribution in [3.8, 4) is 0 Å². The van der Waals surface area contributed by atoms with Gasteiger partial charge >= 0.3 is 23.9 Å². The maximum atomic E-state index is 10.7. The van der Waals surface area contributed by atoms with E-state index in [4.69, 9.17) is 20.4 Å². The lowest BCUT2D eigenvalue weighted by Gasteiger charge is -2.26. The highest BCUT2D eigenvalue weighted by atomic mass is 16.5. The predicted octanol–water partition coefficient (Wildman–Crippen LogP) is -1.67. The van der Waals surface area contributed by atoms with Crippen LogP contribution in [0.15, 0.2) is 0 Å². The van der Waals surface area contributed by atoms with E-state index >= 15 is 0 Å². The Bertz CT molecular complexity index is 316. The minimum atomic E-state index is -3.36. The summed E-state index contributed by atoms with van der Waals surface area (Å²) in [5, 5.41) is 34.3. The normalized spacial score (nSPS) is 11.1. The molecule has 0 aromatic heterocycles. The van der Waals surface area contributed by atoms with Gasteiger partial charge < -0.3 is 25.2 Å². The van der Waals surface area contributed by atoms with Gasteiger partial charge in [0.15, 0.2) is 0 Å². The molecule has 4 N–H and O–H groups in total. The average Bonchev–Trinajstić information content (AvgIpc) is 2.10. The van der Waals surface area contributed by atoms with Crippen LogP contribution >= 0.6 is 0 Å². The fraction of sp³-hybridized carbons (Fsp3) is 0.429. The van der Waals surface area contributed by atoms with Gasteiger partial charge in [0.1, 0.15) is 0 Å². The second-order valence-electron chi connectivity index (χ2n) is 2.66. The highest BCUT2D eigenvalue weighted by molar-refractivity contribution is 6.12. The standard InChI is InChI=1S/C7H8O9/c1-16-7(5(12)13,6(14)15)2(3(8)9)4(10)11/h2H,1H3,(H,8,9)(H,10,11)(H,12,13)(H,14,15). The number of ether oxygens (including phenoxy) is 1. The monoisotopic (exact) mass is 236 g/mol. The number of rotatable bonds is 6. The van der Waals surface area contributed by atoms with E-state index in [0.717, 1.165) is 0 Å². The van der Waals surface area contributed by atoms with Crippen LogP contribution in [0.2, 0.25) is 0 Å². The molecule has 0 rings (SSSR count). The Labute approximate surface area is 87.9 Å². The number of carboxylic acid groups (broad SMARTS) is 4. The van der Waals surface area contributed by atoms with E-state index < -0.39 is 35.4 Å². The van der Waals surface area contributed by atoms with Gasteiger partial charge in [-0.05, 0) is 0 Å². The largest absolute Gasteiger partial charge is 0.480 e. The highest BCUT2D eigenvalue weighted by Crippen LogP contribution is 2.24. The van der Waals surface area contributed by atoms with Crippen LogP contribution in [0.25, 0.3) is 0 Å². The first-order valence-corrected chi connectivity index (χ1v) is 3.69. The molecule has 0 aromatic carbocycles. The molecule has 0 spiro atoms. The van der Waals surface area contributed by atoms with Gasteiger partial charge in [-0.3, -0.25) is 9.59 Å². The molecule has 0 aliphatic heterocycles. The van der Waals surface area contributed by atoms with Crippen LogP contribution in [-0.2, 0) is 23.9 Å². The van der Waals surface area contributed by atoms with Crippen molar-refractivity contribution < 1.29 is 44.3 Å². The van der Waals surface area contributed by atoms with Crippen molar-refractivity contribution >= 4 is 23.9 Å². The van der Waals surface area contributed by atoms with Gasteiger partial charge in [-0.15, -0.1) is 0 Å². The Hall–Kier alpha value is -2.16. The summed E-state index contributed by atoms with van der Waals surface area (Å²) in [4.78, 5) is 42.6. The van der Waals surface area contributed by atoms with Gasteiger partial charge in [0.05, 0.1) is 0 Å². The molecule has 0 saturated carbocycles. The maximum absolute atomic E-state index is 10.7. The van der Waals surface area contributed by atoms with Crippen molar-refractivity contribution in [1.82, 2.24) is 0 Å². The lowest BCUT2D eigenvalue weighted by Crippen LogP contribution is -2.59. The SMILES string of the molecule is COC(C(=O)O)(C(=O)O)C(C(=O)O)C(=O)O. The molecule has 16 heavy (non-hydrogen) atoms. The summed E-state index contributed by atoms with van der Waals surface area (Å²) in [5.74, 6) is -11.4. The molecule has 0 aliphatic carbocycles. The molecule has 0 atom stereocenters. The molecule has 0 bridgehead atoms. The Kier molecular flexibility index (Phi) is 3.96. The summed E-state index contributed by atoms with van der Waals surface area (Å²) in [7, 11) is 0.598. The Morgan fingerprint density at radius 3 is 1.31 bits per heavy atom. The number of carboxylic acids is 4. The molecule has 0 radical (unpaired) electrons. The second-order valence-corrected chi connectivity index (χ2v) is 2.66. The van der Waals surface area contributed by atoms with Gasteiger partial charge in [-0.1, -0.05) is 0 Å². The van der Waals surface area contributed by atoms with E-state index in [9.17, 15) is 19.2 Å². The molecule has 0 heterocycles. The van der Waals surface area contributed by atoms with Crippen LogP contribution in [0.4, 0.5) is 0 Å². The first kappa shape index (κ1) is 13.8. The molecule has 9 heteroatoms. The number of carbonyl (C=O) groups is 4. The highest BCUT2D eigenvalue weighted by Gasteiger charge is 2.61. The van der Waals surface area contributed by atoms with Crippen molar-refractivity contribution in [1.29, 1.82) is 0 Å². The molecule has 0 fully saturated rings. The average molecular weight is 236 g/mol. The van der Waals surface area contributed by atoms with Gasteiger partial charge in [0.2, 0.25) is 5.92 Å². The van der Waals surface area contributed by atoms with Crippen LogP contribution in [-0.4, -0.2) is 57.0 Å².